The van der Waals surface area contributed by atoms with Gasteiger partial charge in [0.2, 0.25) is 0 Å². The molecule has 3 rings (SSSR count). The fourth-order valence-corrected chi connectivity index (χ4v) is 3.02. The number of benzene rings is 3. The number of hydrogen-bond donors (Lipinski definition) is 2. The van der Waals surface area contributed by atoms with Gasteiger partial charge in [-0.2, -0.15) is 0 Å². The van der Waals surface area contributed by atoms with E-state index in [0.29, 0.717) is 22.5 Å². The lowest BCUT2D eigenvalue weighted by atomic mass is 10.1. The van der Waals surface area contributed by atoms with Crippen molar-refractivity contribution in [3.8, 4) is 0 Å². The van der Waals surface area contributed by atoms with Crippen LogP contribution in [0, 0.1) is 13.8 Å². The van der Waals surface area contributed by atoms with Gasteiger partial charge in [-0.1, -0.05) is 36.4 Å². The van der Waals surface area contributed by atoms with Gasteiger partial charge in [-0.3, -0.25) is 9.59 Å². The van der Waals surface area contributed by atoms with Crippen molar-refractivity contribution < 1.29 is 19.1 Å². The van der Waals surface area contributed by atoms with Gasteiger partial charge in [0.1, 0.15) is 0 Å². The molecule has 0 atom stereocenters. The van der Waals surface area contributed by atoms with Crippen LogP contribution in [-0.4, -0.2) is 24.3 Å². The van der Waals surface area contributed by atoms with Crippen LogP contribution in [-0.2, 0) is 9.53 Å². The highest BCUT2D eigenvalue weighted by Gasteiger charge is 2.15. The number of para-hydroxylation sites is 1. The third-order valence-corrected chi connectivity index (χ3v) is 4.91. The fourth-order valence-electron chi connectivity index (χ4n) is 3.02. The summed E-state index contributed by atoms with van der Waals surface area (Å²) in [5.41, 5.74) is 4.98. The van der Waals surface area contributed by atoms with E-state index in [9.17, 15) is 14.4 Å². The van der Waals surface area contributed by atoms with Gasteiger partial charge in [0, 0.05) is 16.9 Å². The zero-order valence-corrected chi connectivity index (χ0v) is 17.7. The lowest BCUT2D eigenvalue weighted by molar-refractivity contribution is -0.119. The zero-order valence-electron chi connectivity index (χ0n) is 17.7. The highest BCUT2D eigenvalue weighted by molar-refractivity contribution is 6.00. The first-order valence-corrected chi connectivity index (χ1v) is 9.85. The highest BCUT2D eigenvalue weighted by Crippen LogP contribution is 2.25. The topological polar surface area (TPSA) is 84.5 Å². The highest BCUT2D eigenvalue weighted by atomic mass is 16.5. The Morgan fingerprint density at radius 2 is 1.58 bits per heavy atom. The first-order chi connectivity index (χ1) is 14.8. The third-order valence-electron chi connectivity index (χ3n) is 4.91. The molecular formula is C25H24N2O4. The number of rotatable bonds is 7. The Morgan fingerprint density at radius 1 is 0.871 bits per heavy atom. The van der Waals surface area contributed by atoms with Crippen LogP contribution in [0.5, 0.6) is 0 Å². The minimum absolute atomic E-state index is 0.101. The SMILES string of the molecule is CC(=O)c1cccc(NC(=O)COC(=O)c2ccccc2Nc2cccc(C)c2C)c1. The minimum Gasteiger partial charge on any atom is -0.452 e. The number of carbonyl (C=O) groups is 3. The number of amides is 1. The summed E-state index contributed by atoms with van der Waals surface area (Å²) in [7, 11) is 0. The number of ketones is 1. The predicted octanol–water partition coefficient (Wildman–Crippen LogP) is 5.05. The maximum atomic E-state index is 12.6. The average Bonchev–Trinajstić information content (AvgIpc) is 2.76. The molecule has 1 amide bonds. The van der Waals surface area contributed by atoms with Crippen molar-refractivity contribution in [1.82, 2.24) is 0 Å². The average molecular weight is 416 g/mol. The number of ether oxygens (including phenoxy) is 1. The summed E-state index contributed by atoms with van der Waals surface area (Å²) in [6, 6.07) is 19.5. The lowest BCUT2D eigenvalue weighted by Gasteiger charge is -2.14. The van der Waals surface area contributed by atoms with E-state index >= 15 is 0 Å². The molecule has 0 fully saturated rings. The van der Waals surface area contributed by atoms with Crippen molar-refractivity contribution >= 4 is 34.7 Å². The summed E-state index contributed by atoms with van der Waals surface area (Å²) >= 11 is 0. The van der Waals surface area contributed by atoms with Crippen molar-refractivity contribution in [2.75, 3.05) is 17.2 Å². The summed E-state index contributed by atoms with van der Waals surface area (Å²) in [6.07, 6.45) is 0. The van der Waals surface area contributed by atoms with Gasteiger partial charge in [-0.05, 0) is 62.2 Å². The molecule has 3 aromatic carbocycles. The first kappa shape index (κ1) is 21.8. The molecule has 0 aliphatic carbocycles. The van der Waals surface area contributed by atoms with Crippen molar-refractivity contribution in [2.24, 2.45) is 0 Å². The van der Waals surface area contributed by atoms with E-state index < -0.39 is 18.5 Å². The van der Waals surface area contributed by atoms with Gasteiger partial charge in [0.15, 0.2) is 12.4 Å². The van der Waals surface area contributed by atoms with Gasteiger partial charge in [-0.25, -0.2) is 4.79 Å². The Hall–Kier alpha value is -3.93. The van der Waals surface area contributed by atoms with Gasteiger partial charge in [0.05, 0.1) is 11.3 Å². The number of esters is 1. The van der Waals surface area contributed by atoms with Crippen LogP contribution in [0.25, 0.3) is 0 Å². The van der Waals surface area contributed by atoms with Crippen LogP contribution in [0.4, 0.5) is 17.1 Å². The number of hydrogen-bond acceptors (Lipinski definition) is 5. The second kappa shape index (κ2) is 9.71. The largest absolute Gasteiger partial charge is 0.452 e. The van der Waals surface area contributed by atoms with Crippen LogP contribution >= 0.6 is 0 Å². The Labute approximate surface area is 181 Å². The lowest BCUT2D eigenvalue weighted by Crippen LogP contribution is -2.21. The van der Waals surface area contributed by atoms with E-state index in [2.05, 4.69) is 10.6 Å². The summed E-state index contributed by atoms with van der Waals surface area (Å²) < 4.78 is 5.21. The van der Waals surface area contributed by atoms with Crippen molar-refractivity contribution in [1.29, 1.82) is 0 Å². The summed E-state index contributed by atoms with van der Waals surface area (Å²) in [4.78, 5) is 36.3. The minimum atomic E-state index is -0.610. The van der Waals surface area contributed by atoms with E-state index in [1.165, 1.54) is 6.92 Å². The predicted molar refractivity (Wildman–Crippen MR) is 121 cm³/mol. The fraction of sp³-hybridized carbons (Fsp3) is 0.160. The van der Waals surface area contributed by atoms with E-state index in [1.807, 2.05) is 38.1 Å². The van der Waals surface area contributed by atoms with Gasteiger partial charge >= 0.3 is 5.97 Å². The maximum absolute atomic E-state index is 12.6. The smallest absolute Gasteiger partial charge is 0.340 e. The molecule has 31 heavy (non-hydrogen) atoms. The van der Waals surface area contributed by atoms with Gasteiger partial charge in [0.25, 0.3) is 5.91 Å². The van der Waals surface area contributed by atoms with E-state index in [0.717, 1.165) is 16.8 Å². The molecule has 0 heterocycles. The van der Waals surface area contributed by atoms with E-state index in [4.69, 9.17) is 4.74 Å². The second-order valence-electron chi connectivity index (χ2n) is 7.18. The number of nitrogens with one attached hydrogen (secondary N) is 2. The standard InChI is InChI=1S/C25H24N2O4/c1-16-8-6-13-22(17(16)2)27-23-12-5-4-11-21(23)25(30)31-15-24(29)26-20-10-7-9-19(14-20)18(3)28/h4-14,27H,15H2,1-3H3,(H,26,29). The monoisotopic (exact) mass is 416 g/mol. The van der Waals surface area contributed by atoms with Crippen molar-refractivity contribution in [3.63, 3.8) is 0 Å². The molecule has 0 aromatic heterocycles. The molecule has 0 radical (unpaired) electrons. The van der Waals surface area contributed by atoms with Crippen LogP contribution in [0.3, 0.4) is 0 Å². The molecule has 0 bridgehead atoms. The number of aryl methyl sites for hydroxylation is 1. The van der Waals surface area contributed by atoms with E-state index in [-0.39, 0.29) is 5.78 Å². The Balaban J connectivity index is 1.66. The van der Waals surface area contributed by atoms with Crippen molar-refractivity contribution in [2.45, 2.75) is 20.8 Å². The van der Waals surface area contributed by atoms with Crippen LogP contribution < -0.4 is 10.6 Å². The number of carbonyl (C=O) groups excluding carboxylic acids is 3. The Morgan fingerprint density at radius 3 is 2.35 bits per heavy atom. The zero-order chi connectivity index (χ0) is 22.4. The van der Waals surface area contributed by atoms with Crippen LogP contribution in [0.1, 0.15) is 38.8 Å². The molecule has 6 nitrogen and oxygen atoms in total. The van der Waals surface area contributed by atoms with E-state index in [1.54, 1.807) is 42.5 Å². The molecule has 0 saturated heterocycles. The van der Waals surface area contributed by atoms with Gasteiger partial charge < -0.3 is 15.4 Å². The molecule has 2 N–H and O–H groups in total. The molecule has 0 unspecified atom stereocenters. The Bertz CT molecular complexity index is 1140. The van der Waals surface area contributed by atoms with Crippen molar-refractivity contribution in [3.05, 3.63) is 89.0 Å². The van der Waals surface area contributed by atoms with Crippen LogP contribution in [0.2, 0.25) is 0 Å². The molecule has 0 spiro atoms. The number of anilines is 3. The summed E-state index contributed by atoms with van der Waals surface area (Å²) in [5.74, 6) is -1.20. The molecule has 158 valence electrons. The second-order valence-corrected chi connectivity index (χ2v) is 7.18. The molecule has 6 heteroatoms. The Kier molecular flexibility index (Phi) is 6.82. The molecule has 0 aliphatic heterocycles. The molecular weight excluding hydrogens is 392 g/mol. The summed E-state index contributed by atoms with van der Waals surface area (Å²) in [5, 5.41) is 5.90. The molecule has 0 aliphatic rings. The summed E-state index contributed by atoms with van der Waals surface area (Å²) in [6.45, 7) is 5.03. The normalized spacial score (nSPS) is 10.3. The third kappa shape index (κ3) is 5.57. The quantitative estimate of drug-likeness (QED) is 0.416. The molecule has 0 saturated carbocycles. The van der Waals surface area contributed by atoms with Gasteiger partial charge in [-0.15, -0.1) is 0 Å². The first-order valence-electron chi connectivity index (χ1n) is 9.85. The van der Waals surface area contributed by atoms with Crippen LogP contribution in [0.15, 0.2) is 66.7 Å². The maximum Gasteiger partial charge on any atom is 0.340 e. The molecule has 3 aromatic rings. The number of Topliss-reactive ketones (excluding diaryl/α,β-unsaturated/α-hetero) is 1.